The first kappa shape index (κ1) is 16.7. The van der Waals surface area contributed by atoms with E-state index < -0.39 is 11.1 Å². The molecule has 3 rings (SSSR count). The van der Waals surface area contributed by atoms with Crippen LogP contribution in [-0.4, -0.2) is 18.4 Å². The van der Waals surface area contributed by atoms with E-state index in [0.717, 1.165) is 22.6 Å². The molecule has 0 aliphatic carbocycles. The number of hydrogen-bond acceptors (Lipinski definition) is 3. The predicted molar refractivity (Wildman–Crippen MR) is 97.3 cm³/mol. The number of nitrogens with zero attached hydrogens (tertiary/aromatic N) is 2. The second-order valence-electron chi connectivity index (χ2n) is 5.25. The zero-order valence-corrected chi connectivity index (χ0v) is 14.5. The zero-order chi connectivity index (χ0) is 17.1. The van der Waals surface area contributed by atoms with Crippen molar-refractivity contribution in [2.45, 2.75) is 12.7 Å². The van der Waals surface area contributed by atoms with Gasteiger partial charge in [0.2, 0.25) is 0 Å². The summed E-state index contributed by atoms with van der Waals surface area (Å²) in [5, 5.41) is 0.602. The van der Waals surface area contributed by atoms with Gasteiger partial charge in [0.25, 0.3) is 0 Å². The largest absolute Gasteiger partial charge is 0.306 e. The Morgan fingerprint density at radius 1 is 1.21 bits per heavy atom. The Hall–Kier alpha value is -2.15. The molecule has 0 radical (unpaired) electrons. The molecule has 1 unspecified atom stereocenters. The lowest BCUT2D eigenvalue weighted by molar-refractivity contribution is 0.561. The normalized spacial score (nSPS) is 12.1. The minimum Gasteiger partial charge on any atom is -0.306 e. The van der Waals surface area contributed by atoms with Gasteiger partial charge >= 0.3 is 0 Å². The van der Waals surface area contributed by atoms with Gasteiger partial charge in [0, 0.05) is 10.6 Å². The smallest absolute Gasteiger partial charge is 0.160 e. The van der Waals surface area contributed by atoms with Crippen molar-refractivity contribution in [1.82, 2.24) is 9.66 Å². The summed E-state index contributed by atoms with van der Waals surface area (Å²) in [5.41, 5.74) is 6.58. The molecule has 0 saturated carbocycles. The predicted octanol–water partition coefficient (Wildman–Crippen LogP) is 4.11. The fourth-order valence-electron chi connectivity index (χ4n) is 2.54. The fraction of sp³-hybridized carbons (Fsp3) is 0.118. The quantitative estimate of drug-likeness (QED) is 0.671. The summed E-state index contributed by atoms with van der Waals surface area (Å²) in [5.74, 6) is 0.411. The van der Waals surface area contributed by atoms with Crippen molar-refractivity contribution in [3.63, 3.8) is 0 Å². The van der Waals surface area contributed by atoms with Crippen LogP contribution in [0, 0.1) is 6.92 Å². The Bertz CT molecular complexity index is 881. The Balaban J connectivity index is 2.11. The first-order valence-corrected chi connectivity index (χ1v) is 8.93. The molecule has 3 aromatic rings. The van der Waals surface area contributed by atoms with E-state index in [1.54, 1.807) is 16.8 Å². The highest BCUT2D eigenvalue weighted by Crippen LogP contribution is 2.26. The van der Waals surface area contributed by atoms with Gasteiger partial charge in [-0.2, -0.15) is 0 Å². The van der Waals surface area contributed by atoms with Crippen LogP contribution >= 0.6 is 11.6 Å². The number of halogens is 1. The van der Waals surface area contributed by atoms with E-state index in [1.807, 2.05) is 49.4 Å². The van der Waals surface area contributed by atoms with E-state index in [9.17, 15) is 8.76 Å². The minimum absolute atomic E-state index is 0.0682. The lowest BCUT2D eigenvalue weighted by atomic mass is 10.1. The molecule has 0 aliphatic heterocycles. The second-order valence-corrected chi connectivity index (χ2v) is 6.62. The van der Waals surface area contributed by atoms with Crippen molar-refractivity contribution < 1.29 is 8.76 Å². The van der Waals surface area contributed by atoms with Crippen molar-refractivity contribution in [2.24, 2.45) is 0 Å². The van der Waals surface area contributed by atoms with Crippen molar-refractivity contribution >= 4 is 28.4 Å². The molecular formula is C17H16ClN3O2S. The lowest BCUT2D eigenvalue weighted by Gasteiger charge is -2.15. The van der Waals surface area contributed by atoms with Gasteiger partial charge in [-0.15, -0.1) is 0 Å². The van der Waals surface area contributed by atoms with Crippen LogP contribution in [0.3, 0.4) is 0 Å². The molecule has 1 atom stereocenters. The van der Waals surface area contributed by atoms with Gasteiger partial charge in [0.05, 0.1) is 17.1 Å². The van der Waals surface area contributed by atoms with E-state index in [1.165, 1.54) is 0 Å². The molecule has 7 heteroatoms. The number of anilines is 1. The van der Waals surface area contributed by atoms with Gasteiger partial charge in [-0.3, -0.25) is 5.43 Å². The van der Waals surface area contributed by atoms with Gasteiger partial charge in [0.1, 0.15) is 11.6 Å². The van der Waals surface area contributed by atoms with Gasteiger partial charge in [-0.1, -0.05) is 48.0 Å². The standard InChI is InChI=1S/C17H16ClN3O2S/c1-12-17(13-6-3-2-4-7-13)21(16(19-12)11-24(22)23)20-15-9-5-8-14(18)10-15/h2-10,20H,11H2,1H3,(H,22,23). The molecule has 0 spiro atoms. The van der Waals surface area contributed by atoms with E-state index in [2.05, 4.69) is 10.4 Å². The SMILES string of the molecule is Cc1nc(CS(=O)O)n(Nc2cccc(Cl)c2)c1-c1ccccc1. The molecule has 24 heavy (non-hydrogen) atoms. The van der Waals surface area contributed by atoms with Crippen LogP contribution in [0.4, 0.5) is 5.69 Å². The molecule has 0 bridgehead atoms. The summed E-state index contributed by atoms with van der Waals surface area (Å²) < 4.78 is 22.3. The number of nitrogens with one attached hydrogen (secondary N) is 1. The molecule has 2 aromatic carbocycles. The van der Waals surface area contributed by atoms with Gasteiger partial charge in [-0.25, -0.2) is 13.9 Å². The van der Waals surface area contributed by atoms with Crippen LogP contribution in [0.2, 0.25) is 5.02 Å². The summed E-state index contributed by atoms with van der Waals surface area (Å²) in [6.07, 6.45) is 0. The number of aryl methyl sites for hydroxylation is 1. The van der Waals surface area contributed by atoms with E-state index in [-0.39, 0.29) is 5.75 Å². The maximum atomic E-state index is 11.3. The maximum Gasteiger partial charge on any atom is 0.160 e. The Labute approximate surface area is 147 Å². The highest BCUT2D eigenvalue weighted by molar-refractivity contribution is 7.78. The third-order valence-electron chi connectivity index (χ3n) is 3.49. The molecule has 5 nitrogen and oxygen atoms in total. The zero-order valence-electron chi connectivity index (χ0n) is 12.9. The van der Waals surface area contributed by atoms with Crippen molar-refractivity contribution in [3.8, 4) is 11.3 Å². The minimum atomic E-state index is -1.99. The van der Waals surface area contributed by atoms with Crippen LogP contribution in [0.15, 0.2) is 54.6 Å². The fourth-order valence-corrected chi connectivity index (χ4v) is 3.14. The Morgan fingerprint density at radius 3 is 2.62 bits per heavy atom. The highest BCUT2D eigenvalue weighted by atomic mass is 35.5. The molecule has 124 valence electrons. The molecule has 0 aliphatic rings. The number of benzene rings is 2. The molecule has 1 heterocycles. The van der Waals surface area contributed by atoms with Crippen molar-refractivity contribution in [2.75, 3.05) is 5.43 Å². The molecule has 0 saturated heterocycles. The summed E-state index contributed by atoms with van der Waals surface area (Å²) in [4.78, 5) is 4.46. The number of hydrogen-bond donors (Lipinski definition) is 2. The monoisotopic (exact) mass is 361 g/mol. The molecule has 2 N–H and O–H groups in total. The molecule has 1 aromatic heterocycles. The Morgan fingerprint density at radius 2 is 1.96 bits per heavy atom. The summed E-state index contributed by atoms with van der Waals surface area (Å²) in [6.45, 7) is 1.88. The van der Waals surface area contributed by atoms with Crippen molar-refractivity contribution in [1.29, 1.82) is 0 Å². The highest BCUT2D eigenvalue weighted by Gasteiger charge is 2.17. The number of rotatable bonds is 5. The molecular weight excluding hydrogens is 346 g/mol. The van der Waals surface area contributed by atoms with Crippen LogP contribution in [0.1, 0.15) is 11.5 Å². The third-order valence-corrected chi connectivity index (χ3v) is 4.23. The first-order valence-electron chi connectivity index (χ1n) is 7.28. The van der Waals surface area contributed by atoms with Crippen LogP contribution in [0.25, 0.3) is 11.3 Å². The average Bonchev–Trinajstić information content (AvgIpc) is 2.83. The second kappa shape index (κ2) is 7.17. The summed E-state index contributed by atoms with van der Waals surface area (Å²) in [7, 11) is 0. The first-order chi connectivity index (χ1) is 11.5. The molecule has 0 fully saturated rings. The van der Waals surface area contributed by atoms with Crippen LogP contribution < -0.4 is 5.43 Å². The summed E-state index contributed by atoms with van der Waals surface area (Å²) >= 11 is 4.05. The van der Waals surface area contributed by atoms with Crippen molar-refractivity contribution in [3.05, 3.63) is 71.1 Å². The van der Waals surface area contributed by atoms with Crippen LogP contribution in [-0.2, 0) is 16.8 Å². The van der Waals surface area contributed by atoms with E-state index in [0.29, 0.717) is 10.8 Å². The van der Waals surface area contributed by atoms with Crippen LogP contribution in [0.5, 0.6) is 0 Å². The average molecular weight is 362 g/mol. The van der Waals surface area contributed by atoms with Gasteiger partial charge < -0.3 is 4.55 Å². The number of imidazole rings is 1. The third kappa shape index (κ3) is 3.67. The van der Waals surface area contributed by atoms with E-state index >= 15 is 0 Å². The Kier molecular flexibility index (Phi) is 4.99. The maximum absolute atomic E-state index is 11.3. The number of aromatic nitrogens is 2. The summed E-state index contributed by atoms with van der Waals surface area (Å²) in [6, 6.07) is 17.0. The topological polar surface area (TPSA) is 67.1 Å². The van der Waals surface area contributed by atoms with E-state index in [4.69, 9.17) is 11.6 Å². The lowest BCUT2D eigenvalue weighted by Crippen LogP contribution is -2.15. The van der Waals surface area contributed by atoms with Gasteiger partial charge in [-0.05, 0) is 25.1 Å². The van der Waals surface area contributed by atoms with Gasteiger partial charge in [0.15, 0.2) is 11.1 Å². The molecule has 0 amide bonds.